The summed E-state index contributed by atoms with van der Waals surface area (Å²) in [4.78, 5) is 12.6. The predicted octanol–water partition coefficient (Wildman–Crippen LogP) is 3.85. The smallest absolute Gasteiger partial charge is 0.231 e. The molecule has 0 aliphatic carbocycles. The lowest BCUT2D eigenvalue weighted by Crippen LogP contribution is -2.59. The SMILES string of the molecule is Cc1noc(C2CN(Cc3ccccc3)CC23CN(Cc2ccc(C)s2)C3)n1. The van der Waals surface area contributed by atoms with Gasteiger partial charge < -0.3 is 4.52 Å². The van der Waals surface area contributed by atoms with E-state index in [1.807, 2.05) is 18.3 Å². The van der Waals surface area contributed by atoms with E-state index in [0.29, 0.717) is 5.92 Å². The summed E-state index contributed by atoms with van der Waals surface area (Å²) in [6, 6.07) is 15.2. The largest absolute Gasteiger partial charge is 0.339 e. The fraction of sp³-hybridized carbons (Fsp3) is 0.455. The summed E-state index contributed by atoms with van der Waals surface area (Å²) in [5.74, 6) is 1.87. The van der Waals surface area contributed by atoms with Gasteiger partial charge in [-0.3, -0.25) is 9.80 Å². The molecule has 2 saturated heterocycles. The molecule has 2 aliphatic rings. The molecule has 2 fully saturated rings. The van der Waals surface area contributed by atoms with Crippen LogP contribution in [-0.2, 0) is 13.1 Å². The van der Waals surface area contributed by atoms with Crippen LogP contribution < -0.4 is 0 Å². The van der Waals surface area contributed by atoms with Gasteiger partial charge in [-0.2, -0.15) is 4.98 Å². The summed E-state index contributed by atoms with van der Waals surface area (Å²) in [5.41, 5.74) is 1.59. The van der Waals surface area contributed by atoms with Crippen LogP contribution in [-0.4, -0.2) is 46.1 Å². The van der Waals surface area contributed by atoms with Crippen molar-refractivity contribution in [2.24, 2.45) is 5.41 Å². The molecule has 0 radical (unpaired) electrons. The van der Waals surface area contributed by atoms with Crippen LogP contribution in [0.4, 0.5) is 0 Å². The Bertz CT molecular complexity index is 944. The normalized spacial score (nSPS) is 22.0. The fourth-order valence-corrected chi connectivity index (χ4v) is 5.83. The first kappa shape index (κ1) is 18.0. The number of benzene rings is 1. The highest BCUT2D eigenvalue weighted by atomic mass is 32.1. The minimum absolute atomic E-state index is 0.222. The minimum Gasteiger partial charge on any atom is -0.339 e. The van der Waals surface area contributed by atoms with Gasteiger partial charge in [0.15, 0.2) is 5.82 Å². The summed E-state index contributed by atoms with van der Waals surface area (Å²) >= 11 is 1.91. The lowest BCUT2D eigenvalue weighted by Gasteiger charge is -2.50. The van der Waals surface area contributed by atoms with E-state index in [2.05, 4.69) is 69.3 Å². The Balaban J connectivity index is 1.32. The molecule has 1 unspecified atom stereocenters. The van der Waals surface area contributed by atoms with Crippen LogP contribution in [0.3, 0.4) is 0 Å². The molecule has 146 valence electrons. The van der Waals surface area contributed by atoms with Crippen molar-refractivity contribution in [2.45, 2.75) is 32.9 Å². The molecule has 3 aromatic rings. The van der Waals surface area contributed by atoms with Gasteiger partial charge >= 0.3 is 0 Å². The second kappa shape index (κ2) is 7.10. The Morgan fingerprint density at radius 3 is 2.50 bits per heavy atom. The fourth-order valence-electron chi connectivity index (χ4n) is 4.90. The first-order chi connectivity index (χ1) is 13.6. The summed E-state index contributed by atoms with van der Waals surface area (Å²) in [6.07, 6.45) is 0. The molecule has 4 heterocycles. The van der Waals surface area contributed by atoms with Crippen molar-refractivity contribution in [1.29, 1.82) is 0 Å². The van der Waals surface area contributed by atoms with Crippen LogP contribution in [0.15, 0.2) is 47.0 Å². The molecule has 28 heavy (non-hydrogen) atoms. The van der Waals surface area contributed by atoms with Gasteiger partial charge in [0.05, 0.1) is 5.92 Å². The zero-order valence-electron chi connectivity index (χ0n) is 16.5. The van der Waals surface area contributed by atoms with Gasteiger partial charge in [0, 0.05) is 54.4 Å². The maximum atomic E-state index is 5.63. The molecule has 0 amide bonds. The molecule has 6 heteroatoms. The van der Waals surface area contributed by atoms with Gasteiger partial charge in [0.1, 0.15) is 0 Å². The van der Waals surface area contributed by atoms with Crippen LogP contribution in [0.5, 0.6) is 0 Å². The zero-order valence-corrected chi connectivity index (χ0v) is 17.3. The number of hydrogen-bond acceptors (Lipinski definition) is 6. The highest BCUT2D eigenvalue weighted by molar-refractivity contribution is 7.11. The number of nitrogens with zero attached hydrogens (tertiary/aromatic N) is 4. The number of hydrogen-bond donors (Lipinski definition) is 0. The van der Waals surface area contributed by atoms with Gasteiger partial charge in [-0.25, -0.2) is 0 Å². The second-order valence-electron chi connectivity index (χ2n) is 8.41. The highest BCUT2D eigenvalue weighted by Gasteiger charge is 2.56. The maximum Gasteiger partial charge on any atom is 0.231 e. The Labute approximate surface area is 170 Å². The number of likely N-dealkylation sites (tertiary alicyclic amines) is 2. The Hall–Kier alpha value is -2.02. The van der Waals surface area contributed by atoms with E-state index in [0.717, 1.165) is 51.0 Å². The number of rotatable bonds is 5. The standard InChI is InChI=1S/C22H26N4OS/c1-16-8-9-19(28-16)11-26-14-22(15-26)13-25(10-18-6-4-3-5-7-18)12-20(22)21-23-17(2)24-27-21/h3-9,20H,10-15H2,1-2H3. The predicted molar refractivity (Wildman–Crippen MR) is 110 cm³/mol. The first-order valence-electron chi connectivity index (χ1n) is 9.94. The molecular formula is C22H26N4OS. The van der Waals surface area contributed by atoms with E-state index in [4.69, 9.17) is 4.52 Å². The van der Waals surface area contributed by atoms with Gasteiger partial charge in [0.25, 0.3) is 0 Å². The third kappa shape index (κ3) is 3.41. The molecule has 0 saturated carbocycles. The molecule has 2 aromatic heterocycles. The minimum atomic E-state index is 0.222. The van der Waals surface area contributed by atoms with Crippen molar-refractivity contribution in [3.8, 4) is 0 Å². The maximum absolute atomic E-state index is 5.63. The molecule has 5 nitrogen and oxygen atoms in total. The summed E-state index contributed by atoms with van der Waals surface area (Å²) in [7, 11) is 0. The third-order valence-electron chi connectivity index (χ3n) is 6.06. The van der Waals surface area contributed by atoms with Crippen LogP contribution in [0.1, 0.15) is 33.0 Å². The summed E-state index contributed by atoms with van der Waals surface area (Å²) in [5, 5.41) is 4.07. The molecule has 1 aromatic carbocycles. The van der Waals surface area contributed by atoms with Crippen molar-refractivity contribution in [2.75, 3.05) is 26.2 Å². The van der Waals surface area contributed by atoms with Crippen molar-refractivity contribution in [3.05, 3.63) is 69.5 Å². The highest BCUT2D eigenvalue weighted by Crippen LogP contribution is 2.49. The van der Waals surface area contributed by atoms with Gasteiger partial charge in [-0.15, -0.1) is 11.3 Å². The van der Waals surface area contributed by atoms with E-state index in [1.54, 1.807) is 0 Å². The first-order valence-corrected chi connectivity index (χ1v) is 10.8. The van der Waals surface area contributed by atoms with Gasteiger partial charge in [0.2, 0.25) is 5.89 Å². The van der Waals surface area contributed by atoms with Crippen molar-refractivity contribution >= 4 is 11.3 Å². The van der Waals surface area contributed by atoms with Crippen molar-refractivity contribution in [1.82, 2.24) is 19.9 Å². The molecule has 1 atom stereocenters. The summed E-state index contributed by atoms with van der Waals surface area (Å²) in [6.45, 7) is 10.4. The Morgan fingerprint density at radius 1 is 1.04 bits per heavy atom. The molecule has 2 aliphatic heterocycles. The number of aryl methyl sites for hydroxylation is 2. The van der Waals surface area contributed by atoms with Crippen LogP contribution >= 0.6 is 11.3 Å². The van der Waals surface area contributed by atoms with Crippen molar-refractivity contribution < 1.29 is 4.52 Å². The van der Waals surface area contributed by atoms with Crippen LogP contribution in [0, 0.1) is 19.3 Å². The monoisotopic (exact) mass is 394 g/mol. The van der Waals surface area contributed by atoms with E-state index >= 15 is 0 Å². The topological polar surface area (TPSA) is 45.4 Å². The average molecular weight is 395 g/mol. The van der Waals surface area contributed by atoms with Gasteiger partial charge in [-0.05, 0) is 31.5 Å². The van der Waals surface area contributed by atoms with E-state index in [-0.39, 0.29) is 5.41 Å². The molecule has 0 bridgehead atoms. The molecular weight excluding hydrogens is 368 g/mol. The lowest BCUT2D eigenvalue weighted by molar-refractivity contribution is -0.0144. The number of aromatic nitrogens is 2. The molecule has 1 spiro atoms. The van der Waals surface area contributed by atoms with Crippen molar-refractivity contribution in [3.63, 3.8) is 0 Å². The lowest BCUT2D eigenvalue weighted by atomic mass is 9.71. The molecule has 5 rings (SSSR count). The Morgan fingerprint density at radius 2 is 1.82 bits per heavy atom. The van der Waals surface area contributed by atoms with E-state index < -0.39 is 0 Å². The van der Waals surface area contributed by atoms with E-state index in [1.165, 1.54) is 15.3 Å². The van der Waals surface area contributed by atoms with Gasteiger partial charge in [-0.1, -0.05) is 35.5 Å². The van der Waals surface area contributed by atoms with Crippen LogP contribution in [0.25, 0.3) is 0 Å². The number of thiophene rings is 1. The molecule has 0 N–H and O–H groups in total. The van der Waals surface area contributed by atoms with Crippen LogP contribution in [0.2, 0.25) is 0 Å². The van der Waals surface area contributed by atoms with E-state index in [9.17, 15) is 0 Å². The Kier molecular flexibility index (Phi) is 4.57. The average Bonchev–Trinajstić information content (AvgIpc) is 3.35. The zero-order chi connectivity index (χ0) is 19.1. The quantitative estimate of drug-likeness (QED) is 0.658. The third-order valence-corrected chi connectivity index (χ3v) is 7.05. The summed E-state index contributed by atoms with van der Waals surface area (Å²) < 4.78 is 5.63. The second-order valence-corrected chi connectivity index (χ2v) is 9.78.